The number of carbonyl (C=O) groups is 12. The first kappa shape index (κ1) is 77.2. The topological polar surface area (TPSA) is 427 Å². The number of rotatable bonds is 32. The maximum atomic E-state index is 14.4. The van der Waals surface area contributed by atoms with Crippen molar-refractivity contribution < 1.29 is 85.7 Å². The number of esters is 1. The van der Waals surface area contributed by atoms with E-state index in [9.17, 15) is 80.9 Å². The standard InChI is InChI=1S/C63H93F3N12O15/c1-11-30(5)47(73-53(83)41(67)25-36-15-17-37(18-16-36)38-19-21-40(64)22-20-38)57(87)71-43(28-79)55(85)70-42(23-24-46(68)81)54(84)74-49(32(7)13-3)59(89)75-48(31(6)12-2)58(88)72-44(29-80)56(86)76-51-35(10)93-61(91)50(33(8)14-4)77-62(92)63(27-39(63)26-45(65)66)78-52(82)34(9)69-60(51)90/h15-22,30-35,39,41-45,47-51,79-80H,11-14,23-29,67H2,1-10H3,(H2,68,81)(H,69,90)(H,70,85)(H,71,87)(H,72,88)(H,73,83)(H,74,84)(H,75,89)(H,76,86)(H,77,92)(H,78,82)/t30-,31-,32-,33-,34-,35-,39?,41+,42+,43-,44-,47-,48-,49+,50-,51+,63?/m0/s1. The SMILES string of the molecule is CC[C@H](C)[C@H](NC(=O)[C@H](N)Cc1ccc(-c2ccc(F)cc2)cc1)C(=O)N[C@@H](CO)C(=O)N[C@H](CCC(N)=O)C(=O)N[C@@H](C(=O)N[C@H](C(=O)N[C@@H](CO)C(=O)N[C@H]1C(=O)N[C@@H](C)C(=O)NC2(CC2CC(F)F)C(=O)N[C@@H]([C@@H](C)CC)C(=O)O[C@H]1C)[C@@H](C)CC)[C@@H](C)CC. The fourth-order valence-corrected chi connectivity index (χ4v) is 10.4. The zero-order valence-corrected chi connectivity index (χ0v) is 54.2. The average Bonchev–Trinajstić information content (AvgIpc) is 1.58. The van der Waals surface area contributed by atoms with E-state index in [4.69, 9.17) is 16.2 Å². The fraction of sp³-hybridized carbons (Fsp3) is 0.619. The van der Waals surface area contributed by atoms with Crippen LogP contribution < -0.4 is 64.6 Å². The molecule has 1 aliphatic carbocycles. The van der Waals surface area contributed by atoms with Gasteiger partial charge in [-0.25, -0.2) is 18.0 Å². The van der Waals surface area contributed by atoms with Crippen LogP contribution in [0.5, 0.6) is 0 Å². The van der Waals surface area contributed by atoms with Crippen LogP contribution >= 0.6 is 0 Å². The van der Waals surface area contributed by atoms with Gasteiger partial charge in [0.25, 0.3) is 0 Å². The van der Waals surface area contributed by atoms with Gasteiger partial charge >= 0.3 is 5.97 Å². The first-order valence-electron chi connectivity index (χ1n) is 31.4. The highest BCUT2D eigenvalue weighted by atomic mass is 19.3. The van der Waals surface area contributed by atoms with E-state index in [-0.39, 0.29) is 37.9 Å². The molecule has 516 valence electrons. The minimum atomic E-state index is -2.84. The number of amides is 11. The second-order valence-corrected chi connectivity index (χ2v) is 24.4. The molecule has 4 rings (SSSR count). The molecule has 2 unspecified atom stereocenters. The first-order chi connectivity index (χ1) is 43.8. The summed E-state index contributed by atoms with van der Waals surface area (Å²) < 4.78 is 46.3. The predicted molar refractivity (Wildman–Crippen MR) is 332 cm³/mol. The Morgan fingerprint density at radius 3 is 1.58 bits per heavy atom. The zero-order valence-electron chi connectivity index (χ0n) is 54.2. The molecular formula is C63H93F3N12O15. The summed E-state index contributed by atoms with van der Waals surface area (Å²) in [5.74, 6) is -15.9. The summed E-state index contributed by atoms with van der Waals surface area (Å²) in [6.07, 6.45) is -5.13. The summed E-state index contributed by atoms with van der Waals surface area (Å²) in [6.45, 7) is 13.5. The molecule has 27 nitrogen and oxygen atoms in total. The van der Waals surface area contributed by atoms with E-state index < -0.39 is 212 Å². The minimum Gasteiger partial charge on any atom is -0.458 e. The highest BCUT2D eigenvalue weighted by molar-refractivity contribution is 6.01. The third-order valence-corrected chi connectivity index (χ3v) is 17.4. The molecule has 16 N–H and O–H groups in total. The Labute approximate surface area is 538 Å². The number of aliphatic hydroxyl groups is 2. The second-order valence-electron chi connectivity index (χ2n) is 24.4. The Morgan fingerprint density at radius 2 is 1.10 bits per heavy atom. The monoisotopic (exact) mass is 1310 g/mol. The lowest BCUT2D eigenvalue weighted by molar-refractivity contribution is -0.157. The summed E-state index contributed by atoms with van der Waals surface area (Å²) in [5, 5.41) is 45.7. The van der Waals surface area contributed by atoms with E-state index in [1.165, 1.54) is 26.0 Å². The van der Waals surface area contributed by atoms with Crippen LogP contribution in [0.2, 0.25) is 0 Å². The molecule has 1 saturated heterocycles. The molecule has 30 heteroatoms. The molecule has 1 saturated carbocycles. The largest absolute Gasteiger partial charge is 0.458 e. The number of ether oxygens (including phenoxy) is 1. The molecule has 2 fully saturated rings. The normalized spacial score (nSPS) is 22.7. The molecule has 1 spiro atoms. The Balaban J connectivity index is 1.50. The van der Waals surface area contributed by atoms with Gasteiger partial charge in [-0.2, -0.15) is 0 Å². The van der Waals surface area contributed by atoms with E-state index in [1.54, 1.807) is 91.8 Å². The van der Waals surface area contributed by atoms with Crippen LogP contribution in [0.4, 0.5) is 13.2 Å². The smallest absolute Gasteiger partial charge is 0.329 e. The van der Waals surface area contributed by atoms with Crippen molar-refractivity contribution in [2.75, 3.05) is 13.2 Å². The van der Waals surface area contributed by atoms with Gasteiger partial charge in [-0.05, 0) is 91.5 Å². The van der Waals surface area contributed by atoms with Crippen molar-refractivity contribution in [2.24, 2.45) is 41.1 Å². The maximum Gasteiger partial charge on any atom is 0.329 e. The van der Waals surface area contributed by atoms with Gasteiger partial charge < -0.3 is 79.6 Å². The van der Waals surface area contributed by atoms with E-state index >= 15 is 0 Å². The number of nitrogens with two attached hydrogens (primary N) is 2. The number of carbonyl (C=O) groups excluding carboxylic acids is 12. The van der Waals surface area contributed by atoms with Gasteiger partial charge in [0.2, 0.25) is 71.4 Å². The van der Waals surface area contributed by atoms with E-state index in [0.29, 0.717) is 12.0 Å². The summed E-state index contributed by atoms with van der Waals surface area (Å²) in [4.78, 5) is 165. The molecular weight excluding hydrogens is 1220 g/mol. The van der Waals surface area contributed by atoms with Gasteiger partial charge in [-0.1, -0.05) is 117 Å². The Kier molecular flexibility index (Phi) is 29.6. The number of primary amides is 1. The molecule has 93 heavy (non-hydrogen) atoms. The van der Waals surface area contributed by atoms with Crippen molar-refractivity contribution in [3.63, 3.8) is 0 Å². The molecule has 0 radical (unpaired) electrons. The van der Waals surface area contributed by atoms with Crippen LogP contribution in [0.1, 0.15) is 126 Å². The van der Waals surface area contributed by atoms with Crippen LogP contribution in [-0.4, -0.2) is 173 Å². The molecule has 2 aromatic rings. The summed E-state index contributed by atoms with van der Waals surface area (Å²) >= 11 is 0. The van der Waals surface area contributed by atoms with Crippen molar-refractivity contribution in [2.45, 2.75) is 206 Å². The molecule has 11 amide bonds. The van der Waals surface area contributed by atoms with Gasteiger partial charge in [0.05, 0.1) is 19.3 Å². The maximum absolute atomic E-state index is 14.4. The lowest BCUT2D eigenvalue weighted by Crippen LogP contribution is -2.63. The summed E-state index contributed by atoms with van der Waals surface area (Å²) in [7, 11) is 0. The quantitative estimate of drug-likeness (QED) is 0.0417. The van der Waals surface area contributed by atoms with Crippen LogP contribution in [-0.2, 0) is 68.7 Å². The number of hydrogen-bond acceptors (Lipinski definition) is 16. The van der Waals surface area contributed by atoms with Gasteiger partial charge in [0, 0.05) is 12.8 Å². The van der Waals surface area contributed by atoms with Crippen molar-refractivity contribution in [3.05, 3.63) is 59.9 Å². The molecule has 1 aliphatic heterocycles. The number of aliphatic hydroxyl groups excluding tert-OH is 2. The minimum absolute atomic E-state index is 0.0600. The van der Waals surface area contributed by atoms with Gasteiger partial charge in [-0.3, -0.25) is 52.7 Å². The van der Waals surface area contributed by atoms with Crippen molar-refractivity contribution in [1.29, 1.82) is 0 Å². The number of benzene rings is 2. The van der Waals surface area contributed by atoms with Crippen molar-refractivity contribution >= 4 is 70.9 Å². The van der Waals surface area contributed by atoms with Gasteiger partial charge in [-0.15, -0.1) is 0 Å². The van der Waals surface area contributed by atoms with E-state index in [1.807, 2.05) is 0 Å². The number of nitrogens with one attached hydrogen (secondary N) is 10. The summed E-state index contributed by atoms with van der Waals surface area (Å²) in [6, 6.07) is -2.44. The highest BCUT2D eigenvalue weighted by Crippen LogP contribution is 2.48. The number of hydrogen-bond donors (Lipinski definition) is 14. The van der Waals surface area contributed by atoms with Crippen molar-refractivity contribution in [1.82, 2.24) is 53.2 Å². The Bertz CT molecular complexity index is 2970. The van der Waals surface area contributed by atoms with Gasteiger partial charge in [0.15, 0.2) is 0 Å². The molecule has 17 atom stereocenters. The number of cyclic esters (lactones) is 1. The molecule has 1 heterocycles. The van der Waals surface area contributed by atoms with Crippen LogP contribution in [0.3, 0.4) is 0 Å². The van der Waals surface area contributed by atoms with E-state index in [2.05, 4.69) is 53.2 Å². The Morgan fingerprint density at radius 1 is 0.634 bits per heavy atom. The number of alkyl halides is 2. The molecule has 0 aromatic heterocycles. The van der Waals surface area contributed by atoms with E-state index in [0.717, 1.165) is 11.1 Å². The van der Waals surface area contributed by atoms with Crippen LogP contribution in [0.25, 0.3) is 11.1 Å². The lowest BCUT2D eigenvalue weighted by Gasteiger charge is -2.31. The van der Waals surface area contributed by atoms with Gasteiger partial charge in [0.1, 0.15) is 71.8 Å². The zero-order chi connectivity index (χ0) is 69.8. The summed E-state index contributed by atoms with van der Waals surface area (Å²) in [5.41, 5.74) is 12.2. The number of halogens is 3. The van der Waals surface area contributed by atoms with Crippen LogP contribution in [0, 0.1) is 35.4 Å². The first-order valence-corrected chi connectivity index (χ1v) is 31.4. The second kappa shape index (κ2) is 35.7. The average molecular weight is 1320 g/mol. The third kappa shape index (κ3) is 21.7. The molecule has 0 bridgehead atoms. The molecule has 2 aliphatic rings. The highest BCUT2D eigenvalue weighted by Gasteiger charge is 2.62. The molecule has 2 aromatic carbocycles. The predicted octanol–water partition coefficient (Wildman–Crippen LogP) is -0.345. The van der Waals surface area contributed by atoms with Crippen LogP contribution in [0.15, 0.2) is 48.5 Å². The Hall–Kier alpha value is -8.25. The fourth-order valence-electron chi connectivity index (χ4n) is 10.4. The third-order valence-electron chi connectivity index (χ3n) is 17.4. The van der Waals surface area contributed by atoms with Crippen molar-refractivity contribution in [3.8, 4) is 11.1 Å². The lowest BCUT2D eigenvalue weighted by atomic mass is 9.94.